The Hall–Kier alpha value is -2.70. The highest BCUT2D eigenvalue weighted by molar-refractivity contribution is 5.49. The lowest BCUT2D eigenvalue weighted by Gasteiger charge is -2.11. The van der Waals surface area contributed by atoms with E-state index in [4.69, 9.17) is 4.74 Å². The molecule has 0 heterocycles. The van der Waals surface area contributed by atoms with Crippen LogP contribution in [0, 0.1) is 21.7 Å². The Bertz CT molecular complexity index is 677. The third-order valence-corrected chi connectivity index (χ3v) is 2.88. The van der Waals surface area contributed by atoms with Crippen molar-refractivity contribution in [3.8, 4) is 5.75 Å². The molecule has 0 aromatic heterocycles. The van der Waals surface area contributed by atoms with Crippen molar-refractivity contribution >= 4 is 11.4 Å². The maximum absolute atomic E-state index is 13.5. The zero-order valence-corrected chi connectivity index (χ0v) is 11.1. The largest absolute Gasteiger partial charge is 0.496 e. The molecule has 1 N–H and O–H groups in total. The number of nitrogens with one attached hydrogen (secondary N) is 1. The monoisotopic (exact) mass is 294 g/mol. The summed E-state index contributed by atoms with van der Waals surface area (Å²) in [6.07, 6.45) is 0. The van der Waals surface area contributed by atoms with E-state index in [1.54, 1.807) is 0 Å². The van der Waals surface area contributed by atoms with Crippen LogP contribution in [0.1, 0.15) is 5.56 Å². The second kappa shape index (κ2) is 6.17. The molecule has 0 saturated carbocycles. The van der Waals surface area contributed by atoms with E-state index >= 15 is 0 Å². The minimum Gasteiger partial charge on any atom is -0.496 e. The van der Waals surface area contributed by atoms with Gasteiger partial charge in [-0.3, -0.25) is 10.1 Å². The van der Waals surface area contributed by atoms with Gasteiger partial charge in [-0.2, -0.15) is 0 Å². The number of anilines is 1. The first kappa shape index (κ1) is 14.7. The lowest BCUT2D eigenvalue weighted by molar-refractivity contribution is -0.384. The summed E-state index contributed by atoms with van der Waals surface area (Å²) in [5, 5.41) is 13.5. The zero-order valence-electron chi connectivity index (χ0n) is 11.1. The predicted octanol–water partition coefficient (Wildman–Crippen LogP) is 3.49. The van der Waals surface area contributed by atoms with Gasteiger partial charge in [-0.25, -0.2) is 8.78 Å². The third-order valence-electron chi connectivity index (χ3n) is 2.88. The molecule has 0 spiro atoms. The van der Waals surface area contributed by atoms with Crippen LogP contribution in [0.25, 0.3) is 0 Å². The number of nitrogens with zero attached hydrogens (tertiary/aromatic N) is 1. The van der Waals surface area contributed by atoms with E-state index in [-0.39, 0.29) is 17.9 Å². The third kappa shape index (κ3) is 3.44. The normalized spacial score (nSPS) is 10.2. The number of non-ortho nitro benzene ring substituents is 1. The molecule has 0 atom stereocenters. The van der Waals surface area contributed by atoms with Gasteiger partial charge >= 0.3 is 0 Å². The number of halogens is 2. The predicted molar refractivity (Wildman–Crippen MR) is 73.3 cm³/mol. The fourth-order valence-corrected chi connectivity index (χ4v) is 1.84. The van der Waals surface area contributed by atoms with E-state index in [9.17, 15) is 18.9 Å². The Morgan fingerprint density at radius 1 is 1.24 bits per heavy atom. The summed E-state index contributed by atoms with van der Waals surface area (Å²) < 4.78 is 31.4. The zero-order chi connectivity index (χ0) is 15.4. The Morgan fingerprint density at radius 2 is 2.00 bits per heavy atom. The molecule has 2 aromatic carbocycles. The number of nitro benzene ring substituents is 1. The van der Waals surface area contributed by atoms with Crippen molar-refractivity contribution in [1.82, 2.24) is 0 Å². The Morgan fingerprint density at radius 3 is 2.62 bits per heavy atom. The molecular formula is C14H12F2N2O3. The summed E-state index contributed by atoms with van der Waals surface area (Å²) >= 11 is 0. The van der Waals surface area contributed by atoms with E-state index in [2.05, 4.69) is 5.32 Å². The van der Waals surface area contributed by atoms with Gasteiger partial charge in [-0.15, -0.1) is 0 Å². The van der Waals surface area contributed by atoms with Crippen molar-refractivity contribution in [2.24, 2.45) is 0 Å². The molecule has 2 aromatic rings. The van der Waals surface area contributed by atoms with Crippen LogP contribution >= 0.6 is 0 Å². The summed E-state index contributed by atoms with van der Waals surface area (Å²) in [6, 6.07) is 7.27. The molecule has 0 bridgehead atoms. The van der Waals surface area contributed by atoms with E-state index in [1.165, 1.54) is 31.4 Å². The van der Waals surface area contributed by atoms with Crippen LogP contribution in [0.5, 0.6) is 5.75 Å². The van der Waals surface area contributed by atoms with Gasteiger partial charge in [0.1, 0.15) is 17.4 Å². The van der Waals surface area contributed by atoms with Crippen molar-refractivity contribution in [2.75, 3.05) is 12.4 Å². The van der Waals surface area contributed by atoms with Gasteiger partial charge in [0.25, 0.3) is 5.69 Å². The number of nitro groups is 1. The second-order valence-electron chi connectivity index (χ2n) is 4.23. The minimum absolute atomic E-state index is 0.0906. The maximum Gasteiger partial charge on any atom is 0.270 e. The summed E-state index contributed by atoms with van der Waals surface area (Å²) in [5.74, 6) is -0.971. The molecule has 0 fully saturated rings. The topological polar surface area (TPSA) is 64.4 Å². The van der Waals surface area contributed by atoms with Crippen molar-refractivity contribution < 1.29 is 18.4 Å². The minimum atomic E-state index is -0.737. The second-order valence-corrected chi connectivity index (χ2v) is 4.23. The number of rotatable bonds is 5. The maximum atomic E-state index is 13.5. The Balaban J connectivity index is 2.22. The molecule has 0 unspecified atom stereocenters. The summed E-state index contributed by atoms with van der Waals surface area (Å²) in [7, 11) is 1.43. The number of hydrogen-bond acceptors (Lipinski definition) is 4. The molecule has 0 aliphatic carbocycles. The number of ether oxygens (including phenoxy) is 1. The number of methoxy groups -OCH3 is 1. The molecule has 7 heteroatoms. The average Bonchev–Trinajstić information content (AvgIpc) is 2.46. The van der Waals surface area contributed by atoms with Crippen LogP contribution in [-0.4, -0.2) is 12.0 Å². The van der Waals surface area contributed by atoms with Gasteiger partial charge in [0, 0.05) is 30.3 Å². The highest BCUT2D eigenvalue weighted by Gasteiger charge is 2.12. The lowest BCUT2D eigenvalue weighted by atomic mass is 10.1. The Labute approximate surface area is 119 Å². The van der Waals surface area contributed by atoms with Gasteiger partial charge in [0.2, 0.25) is 0 Å². The van der Waals surface area contributed by atoms with Crippen LogP contribution < -0.4 is 10.1 Å². The highest BCUT2D eigenvalue weighted by Crippen LogP contribution is 2.25. The van der Waals surface area contributed by atoms with E-state index in [1.807, 2.05) is 0 Å². The van der Waals surface area contributed by atoms with E-state index in [0.29, 0.717) is 11.3 Å². The molecule has 2 rings (SSSR count). The van der Waals surface area contributed by atoms with Crippen molar-refractivity contribution in [2.45, 2.75) is 6.54 Å². The fraction of sp³-hybridized carbons (Fsp3) is 0.143. The van der Waals surface area contributed by atoms with Crippen LogP contribution in [0.15, 0.2) is 36.4 Å². The van der Waals surface area contributed by atoms with Gasteiger partial charge in [0.05, 0.1) is 17.7 Å². The highest BCUT2D eigenvalue weighted by atomic mass is 19.1. The molecular weight excluding hydrogens is 282 g/mol. The summed E-state index contributed by atoms with van der Waals surface area (Å²) in [4.78, 5) is 10.2. The lowest BCUT2D eigenvalue weighted by Crippen LogP contribution is -2.04. The first-order valence-corrected chi connectivity index (χ1v) is 6.01. The smallest absolute Gasteiger partial charge is 0.270 e. The van der Waals surface area contributed by atoms with Crippen molar-refractivity contribution in [3.05, 3.63) is 63.7 Å². The summed E-state index contributed by atoms with van der Waals surface area (Å²) in [5.41, 5.74) is 0.507. The van der Waals surface area contributed by atoms with Crippen LogP contribution in [0.3, 0.4) is 0 Å². The number of hydrogen-bond donors (Lipinski definition) is 1. The molecule has 0 aliphatic rings. The first-order valence-electron chi connectivity index (χ1n) is 6.01. The van der Waals surface area contributed by atoms with E-state index in [0.717, 1.165) is 12.1 Å². The van der Waals surface area contributed by atoms with Crippen LogP contribution in [0.4, 0.5) is 20.2 Å². The SMILES string of the molecule is COc1ccc([N+](=O)[O-])cc1CNc1ccc(F)cc1F. The quantitative estimate of drug-likeness (QED) is 0.677. The van der Waals surface area contributed by atoms with Gasteiger partial charge in [-0.1, -0.05) is 0 Å². The molecule has 21 heavy (non-hydrogen) atoms. The molecule has 0 saturated heterocycles. The molecule has 0 aliphatic heterocycles. The van der Waals surface area contributed by atoms with Crippen LogP contribution in [-0.2, 0) is 6.54 Å². The fourth-order valence-electron chi connectivity index (χ4n) is 1.84. The van der Waals surface area contributed by atoms with E-state index < -0.39 is 16.6 Å². The van der Waals surface area contributed by atoms with Gasteiger partial charge < -0.3 is 10.1 Å². The average molecular weight is 294 g/mol. The standard InChI is InChI=1S/C14H12F2N2O3/c1-21-14-5-3-11(18(19)20)6-9(14)8-17-13-4-2-10(15)7-12(13)16/h2-7,17H,8H2,1H3. The van der Waals surface area contributed by atoms with Crippen molar-refractivity contribution in [1.29, 1.82) is 0 Å². The van der Waals surface area contributed by atoms with Crippen molar-refractivity contribution in [3.63, 3.8) is 0 Å². The van der Waals surface area contributed by atoms with Crippen LogP contribution in [0.2, 0.25) is 0 Å². The summed E-state index contributed by atoms with van der Waals surface area (Å²) in [6.45, 7) is 0.105. The molecule has 0 radical (unpaired) electrons. The first-order chi connectivity index (χ1) is 10.0. The van der Waals surface area contributed by atoms with Gasteiger partial charge in [0.15, 0.2) is 0 Å². The molecule has 0 amide bonds. The number of benzene rings is 2. The molecule has 5 nitrogen and oxygen atoms in total. The van der Waals surface area contributed by atoms with Gasteiger partial charge in [-0.05, 0) is 18.2 Å². The Kier molecular flexibility index (Phi) is 4.32. The molecule has 110 valence electrons.